The van der Waals surface area contributed by atoms with Crippen LogP contribution < -0.4 is 5.32 Å². The summed E-state index contributed by atoms with van der Waals surface area (Å²) in [4.78, 5) is 21.7. The third-order valence-electron chi connectivity index (χ3n) is 6.41. The standard InChI is InChI=1S/C22H34N6O2/c1-30-16-15-27-11-13-28(14-12-27)20(29)8-7-18-21-19(26-25-18)9-10-23-22(21)24-17-5-3-2-4-6-17/h9-10,17H,2-8,11-16H2,1H3,(H,23,24)(H,25,26). The highest BCUT2D eigenvalue weighted by atomic mass is 16.5. The Labute approximate surface area is 178 Å². The van der Waals surface area contributed by atoms with E-state index in [0.717, 1.165) is 61.7 Å². The topological polar surface area (TPSA) is 86.4 Å². The number of fused-ring (bicyclic) bond motifs is 1. The quantitative estimate of drug-likeness (QED) is 0.690. The minimum atomic E-state index is 0.217. The number of carbonyl (C=O) groups is 1. The molecule has 30 heavy (non-hydrogen) atoms. The Balaban J connectivity index is 1.35. The summed E-state index contributed by atoms with van der Waals surface area (Å²) in [6.45, 7) is 5.10. The Kier molecular flexibility index (Phi) is 7.17. The van der Waals surface area contributed by atoms with E-state index in [4.69, 9.17) is 4.74 Å². The number of rotatable bonds is 8. The summed E-state index contributed by atoms with van der Waals surface area (Å²) in [7, 11) is 1.73. The molecule has 1 aliphatic heterocycles. The van der Waals surface area contributed by atoms with Crippen LogP contribution in [-0.2, 0) is 16.0 Å². The van der Waals surface area contributed by atoms with Gasteiger partial charge in [-0.25, -0.2) is 4.98 Å². The number of nitrogens with one attached hydrogen (secondary N) is 2. The van der Waals surface area contributed by atoms with Crippen LogP contribution in [-0.4, -0.2) is 83.4 Å². The number of H-pyrrole nitrogens is 1. The van der Waals surface area contributed by atoms with Gasteiger partial charge in [-0.3, -0.25) is 14.8 Å². The van der Waals surface area contributed by atoms with Gasteiger partial charge in [0, 0.05) is 64.2 Å². The number of aromatic amines is 1. The summed E-state index contributed by atoms with van der Waals surface area (Å²) < 4.78 is 5.15. The molecule has 2 fully saturated rings. The van der Waals surface area contributed by atoms with Gasteiger partial charge in [0.2, 0.25) is 5.91 Å². The average molecular weight is 415 g/mol. The third kappa shape index (κ3) is 5.10. The van der Waals surface area contributed by atoms with Crippen molar-refractivity contribution in [2.24, 2.45) is 0 Å². The molecular formula is C22H34N6O2. The number of pyridine rings is 1. The number of aromatic nitrogens is 3. The van der Waals surface area contributed by atoms with Crippen LogP contribution in [0.1, 0.15) is 44.2 Å². The molecular weight excluding hydrogens is 380 g/mol. The lowest BCUT2D eigenvalue weighted by atomic mass is 9.95. The number of anilines is 1. The predicted octanol–water partition coefficient (Wildman–Crippen LogP) is 2.43. The van der Waals surface area contributed by atoms with Crippen molar-refractivity contribution in [1.29, 1.82) is 0 Å². The maximum Gasteiger partial charge on any atom is 0.223 e. The smallest absolute Gasteiger partial charge is 0.223 e. The van der Waals surface area contributed by atoms with Crippen LogP contribution in [0.5, 0.6) is 0 Å². The molecule has 2 aliphatic rings. The van der Waals surface area contributed by atoms with E-state index in [-0.39, 0.29) is 5.91 Å². The van der Waals surface area contributed by atoms with Crippen LogP contribution in [0.3, 0.4) is 0 Å². The van der Waals surface area contributed by atoms with Crippen molar-refractivity contribution >= 4 is 22.6 Å². The summed E-state index contributed by atoms with van der Waals surface area (Å²) in [5, 5.41) is 12.3. The van der Waals surface area contributed by atoms with Crippen LogP contribution in [0.15, 0.2) is 12.3 Å². The van der Waals surface area contributed by atoms with Gasteiger partial charge in [0.15, 0.2) is 0 Å². The first kappa shape index (κ1) is 21.1. The second-order valence-corrected chi connectivity index (χ2v) is 8.45. The van der Waals surface area contributed by atoms with E-state index in [1.54, 1.807) is 7.11 Å². The molecule has 8 nitrogen and oxygen atoms in total. The van der Waals surface area contributed by atoms with Gasteiger partial charge in [-0.15, -0.1) is 0 Å². The van der Waals surface area contributed by atoms with Gasteiger partial charge in [0.1, 0.15) is 5.82 Å². The highest BCUT2D eigenvalue weighted by Gasteiger charge is 2.22. The minimum Gasteiger partial charge on any atom is -0.383 e. The molecule has 2 aromatic rings. The second kappa shape index (κ2) is 10.2. The number of amides is 1. The number of methoxy groups -OCH3 is 1. The number of hydrogen-bond donors (Lipinski definition) is 2. The van der Waals surface area contributed by atoms with Crippen molar-refractivity contribution in [3.63, 3.8) is 0 Å². The van der Waals surface area contributed by atoms with Crippen LogP contribution in [0.25, 0.3) is 10.9 Å². The Morgan fingerprint density at radius 2 is 2.03 bits per heavy atom. The number of carbonyl (C=O) groups excluding carboxylic acids is 1. The molecule has 0 unspecified atom stereocenters. The number of aryl methyl sites for hydroxylation is 1. The first-order valence-electron chi connectivity index (χ1n) is 11.3. The number of nitrogens with zero attached hydrogens (tertiary/aromatic N) is 4. The first-order valence-corrected chi connectivity index (χ1v) is 11.3. The number of hydrogen-bond acceptors (Lipinski definition) is 6. The van der Waals surface area contributed by atoms with Gasteiger partial charge in [-0.1, -0.05) is 19.3 Å². The maximum absolute atomic E-state index is 12.8. The summed E-state index contributed by atoms with van der Waals surface area (Å²) >= 11 is 0. The number of ether oxygens (including phenoxy) is 1. The van der Waals surface area contributed by atoms with E-state index in [0.29, 0.717) is 18.9 Å². The van der Waals surface area contributed by atoms with Crippen LogP contribution in [0.4, 0.5) is 5.82 Å². The predicted molar refractivity (Wildman–Crippen MR) is 118 cm³/mol. The summed E-state index contributed by atoms with van der Waals surface area (Å²) in [6, 6.07) is 2.42. The van der Waals surface area contributed by atoms with Gasteiger partial charge < -0.3 is 15.0 Å². The van der Waals surface area contributed by atoms with Crippen molar-refractivity contribution in [1.82, 2.24) is 25.0 Å². The number of piperazine rings is 1. The fraction of sp³-hybridized carbons (Fsp3) is 0.682. The van der Waals surface area contributed by atoms with Gasteiger partial charge in [0.05, 0.1) is 17.5 Å². The molecule has 1 saturated carbocycles. The van der Waals surface area contributed by atoms with Crippen molar-refractivity contribution in [3.8, 4) is 0 Å². The highest BCUT2D eigenvalue weighted by Crippen LogP contribution is 2.27. The molecule has 164 valence electrons. The molecule has 1 amide bonds. The zero-order valence-electron chi connectivity index (χ0n) is 18.0. The van der Waals surface area contributed by atoms with Gasteiger partial charge >= 0.3 is 0 Å². The van der Waals surface area contributed by atoms with E-state index < -0.39 is 0 Å². The van der Waals surface area contributed by atoms with Gasteiger partial charge in [-0.05, 0) is 25.3 Å². The van der Waals surface area contributed by atoms with Crippen LogP contribution in [0, 0.1) is 0 Å². The first-order chi connectivity index (χ1) is 14.7. The van der Waals surface area contributed by atoms with E-state index >= 15 is 0 Å². The molecule has 1 aliphatic carbocycles. The van der Waals surface area contributed by atoms with Crippen molar-refractivity contribution < 1.29 is 9.53 Å². The van der Waals surface area contributed by atoms with E-state index in [9.17, 15) is 4.79 Å². The zero-order valence-corrected chi connectivity index (χ0v) is 18.0. The van der Waals surface area contributed by atoms with Gasteiger partial charge in [-0.2, -0.15) is 5.10 Å². The fourth-order valence-corrected chi connectivity index (χ4v) is 4.59. The molecule has 8 heteroatoms. The summed E-state index contributed by atoms with van der Waals surface area (Å²) in [6.07, 6.45) is 9.23. The lowest BCUT2D eigenvalue weighted by Crippen LogP contribution is -2.49. The largest absolute Gasteiger partial charge is 0.383 e. The van der Waals surface area contributed by atoms with E-state index in [1.807, 2.05) is 17.2 Å². The molecule has 2 aromatic heterocycles. The van der Waals surface area contributed by atoms with Gasteiger partial charge in [0.25, 0.3) is 0 Å². The van der Waals surface area contributed by atoms with Crippen molar-refractivity contribution in [2.45, 2.75) is 51.0 Å². The van der Waals surface area contributed by atoms with Crippen LogP contribution >= 0.6 is 0 Å². The molecule has 2 N–H and O–H groups in total. The van der Waals surface area contributed by atoms with Crippen molar-refractivity contribution in [3.05, 3.63) is 18.0 Å². The Morgan fingerprint density at radius 3 is 2.80 bits per heavy atom. The second-order valence-electron chi connectivity index (χ2n) is 8.45. The molecule has 0 bridgehead atoms. The molecule has 4 rings (SSSR count). The monoisotopic (exact) mass is 414 g/mol. The lowest BCUT2D eigenvalue weighted by Gasteiger charge is -2.34. The summed E-state index contributed by atoms with van der Waals surface area (Å²) in [5.41, 5.74) is 1.92. The Bertz CT molecular complexity index is 824. The molecule has 1 saturated heterocycles. The fourth-order valence-electron chi connectivity index (χ4n) is 4.59. The van der Waals surface area contributed by atoms with E-state index in [2.05, 4.69) is 25.4 Å². The maximum atomic E-state index is 12.8. The third-order valence-corrected chi connectivity index (χ3v) is 6.41. The van der Waals surface area contributed by atoms with Crippen LogP contribution in [0.2, 0.25) is 0 Å². The molecule has 0 aromatic carbocycles. The highest BCUT2D eigenvalue weighted by molar-refractivity contribution is 5.92. The zero-order chi connectivity index (χ0) is 20.8. The SMILES string of the molecule is COCCN1CCN(C(=O)CCc2[nH]nc3ccnc(NC4CCCCC4)c23)CC1. The van der Waals surface area contributed by atoms with Crippen molar-refractivity contribution in [2.75, 3.05) is 51.8 Å². The molecule has 0 atom stereocenters. The summed E-state index contributed by atoms with van der Waals surface area (Å²) in [5.74, 6) is 1.12. The molecule has 0 radical (unpaired) electrons. The Hall–Kier alpha value is -2.19. The average Bonchev–Trinajstić information content (AvgIpc) is 3.21. The van der Waals surface area contributed by atoms with E-state index in [1.165, 1.54) is 32.1 Å². The normalized spacial score (nSPS) is 18.8. The lowest BCUT2D eigenvalue weighted by molar-refractivity contribution is -0.133. The molecule has 0 spiro atoms. The Morgan fingerprint density at radius 1 is 1.23 bits per heavy atom. The minimum absolute atomic E-state index is 0.217. The molecule has 3 heterocycles.